The number of furan rings is 1. The van der Waals surface area contributed by atoms with E-state index >= 15 is 0 Å². The fourth-order valence-electron chi connectivity index (χ4n) is 1.63. The lowest BCUT2D eigenvalue weighted by Gasteiger charge is -2.02. The Hall–Kier alpha value is -2.97. The summed E-state index contributed by atoms with van der Waals surface area (Å²) in [5, 5.41) is 21.1. The molecule has 0 saturated heterocycles. The number of rotatable bonds is 5. The Balaban J connectivity index is 2.01. The van der Waals surface area contributed by atoms with Gasteiger partial charge in [0.05, 0.1) is 6.21 Å². The minimum absolute atomic E-state index is 0.137. The first-order valence-electron chi connectivity index (χ1n) is 6.21. The van der Waals surface area contributed by atoms with Crippen molar-refractivity contribution in [1.82, 2.24) is 10.9 Å². The maximum atomic E-state index is 11.9. The van der Waals surface area contributed by atoms with E-state index in [0.717, 1.165) is 0 Å². The van der Waals surface area contributed by atoms with Crippen LogP contribution in [-0.4, -0.2) is 28.3 Å². The van der Waals surface area contributed by atoms with E-state index in [9.17, 15) is 9.59 Å². The molecule has 114 valence electrons. The number of hydrogen-bond donors (Lipinski definition) is 4. The number of nitrogens with zero attached hydrogens (tertiary/aromatic N) is 1. The van der Waals surface area contributed by atoms with E-state index in [1.807, 2.05) is 0 Å². The minimum Gasteiger partial charge on any atom is -0.458 e. The Morgan fingerprint density at radius 2 is 1.91 bits per heavy atom. The summed E-state index contributed by atoms with van der Waals surface area (Å²) >= 11 is 0. The molecule has 0 fully saturated rings. The Kier molecular flexibility index (Phi) is 5.02. The van der Waals surface area contributed by atoms with Crippen LogP contribution in [0.1, 0.15) is 32.2 Å². The van der Waals surface area contributed by atoms with Crippen LogP contribution < -0.4 is 10.9 Å². The molecule has 0 aliphatic carbocycles. The van der Waals surface area contributed by atoms with Gasteiger partial charge in [-0.15, -0.1) is 0 Å². The van der Waals surface area contributed by atoms with Crippen LogP contribution in [-0.2, 0) is 6.61 Å². The Morgan fingerprint density at radius 3 is 2.55 bits per heavy atom. The van der Waals surface area contributed by atoms with Crippen LogP contribution in [0.15, 0.2) is 45.9 Å². The van der Waals surface area contributed by atoms with E-state index in [1.165, 1.54) is 36.0 Å². The lowest BCUT2D eigenvalue weighted by molar-refractivity contribution is 0.0706. The van der Waals surface area contributed by atoms with Crippen LogP contribution in [0, 0.1) is 0 Å². The summed E-state index contributed by atoms with van der Waals surface area (Å²) in [5.41, 5.74) is 4.10. The van der Waals surface area contributed by atoms with E-state index in [0.29, 0.717) is 11.5 Å². The van der Waals surface area contributed by atoms with Gasteiger partial charge in [-0.25, -0.2) is 10.9 Å². The van der Waals surface area contributed by atoms with Gasteiger partial charge in [-0.2, -0.15) is 5.10 Å². The van der Waals surface area contributed by atoms with Crippen LogP contribution in [0.25, 0.3) is 0 Å². The van der Waals surface area contributed by atoms with E-state index in [1.54, 1.807) is 12.1 Å². The number of benzene rings is 1. The highest BCUT2D eigenvalue weighted by Crippen LogP contribution is 2.06. The molecule has 0 unspecified atom stereocenters. The SMILES string of the molecule is O=C(NO)c1cccc(C(=O)N/N=C/c2ccc(CO)o2)c1. The molecule has 1 aromatic carbocycles. The molecule has 2 amide bonds. The third-order valence-electron chi connectivity index (χ3n) is 2.68. The molecule has 2 aromatic rings. The first-order valence-corrected chi connectivity index (χ1v) is 6.21. The van der Waals surface area contributed by atoms with Crippen molar-refractivity contribution in [2.75, 3.05) is 0 Å². The van der Waals surface area contributed by atoms with Crippen molar-refractivity contribution in [3.63, 3.8) is 0 Å². The van der Waals surface area contributed by atoms with Crippen molar-refractivity contribution in [3.8, 4) is 0 Å². The first-order chi connectivity index (χ1) is 10.6. The van der Waals surface area contributed by atoms with Crippen molar-refractivity contribution in [1.29, 1.82) is 0 Å². The average Bonchev–Trinajstić information content (AvgIpc) is 3.02. The van der Waals surface area contributed by atoms with Gasteiger partial charge >= 0.3 is 0 Å². The molecule has 0 bridgehead atoms. The molecule has 8 heteroatoms. The van der Waals surface area contributed by atoms with Crippen molar-refractivity contribution in [2.45, 2.75) is 6.61 Å². The summed E-state index contributed by atoms with van der Waals surface area (Å²) < 4.78 is 5.15. The lowest BCUT2D eigenvalue weighted by atomic mass is 10.1. The number of aliphatic hydroxyl groups excluding tert-OH is 1. The summed E-state index contributed by atoms with van der Waals surface area (Å²) in [6.45, 7) is -0.222. The van der Waals surface area contributed by atoms with E-state index in [2.05, 4.69) is 10.5 Å². The van der Waals surface area contributed by atoms with Gasteiger partial charge in [-0.3, -0.25) is 14.8 Å². The van der Waals surface area contributed by atoms with Gasteiger partial charge in [-0.05, 0) is 30.3 Å². The number of hydroxylamine groups is 1. The maximum Gasteiger partial charge on any atom is 0.274 e. The topological polar surface area (TPSA) is 124 Å². The van der Waals surface area contributed by atoms with Gasteiger partial charge in [0.1, 0.15) is 18.1 Å². The highest BCUT2D eigenvalue weighted by Gasteiger charge is 2.09. The van der Waals surface area contributed by atoms with Crippen LogP contribution in [0.5, 0.6) is 0 Å². The average molecular weight is 303 g/mol. The molecular formula is C14H13N3O5. The van der Waals surface area contributed by atoms with Gasteiger partial charge in [0.2, 0.25) is 0 Å². The number of hydrazone groups is 1. The Bertz CT molecular complexity index is 708. The van der Waals surface area contributed by atoms with Crippen molar-refractivity contribution < 1.29 is 24.3 Å². The monoisotopic (exact) mass is 303 g/mol. The zero-order valence-electron chi connectivity index (χ0n) is 11.3. The number of aliphatic hydroxyl groups is 1. The number of carbonyl (C=O) groups is 2. The fourth-order valence-corrected chi connectivity index (χ4v) is 1.63. The third-order valence-corrected chi connectivity index (χ3v) is 2.68. The molecule has 4 N–H and O–H groups in total. The maximum absolute atomic E-state index is 11.9. The molecule has 0 saturated carbocycles. The van der Waals surface area contributed by atoms with Gasteiger partial charge < -0.3 is 9.52 Å². The molecule has 0 aliphatic heterocycles. The molecule has 0 spiro atoms. The smallest absolute Gasteiger partial charge is 0.274 e. The molecule has 8 nitrogen and oxygen atoms in total. The van der Waals surface area contributed by atoms with Crippen molar-refractivity contribution in [2.24, 2.45) is 5.10 Å². The number of nitrogens with one attached hydrogen (secondary N) is 2. The molecule has 0 radical (unpaired) electrons. The molecule has 0 aliphatic rings. The summed E-state index contributed by atoms with van der Waals surface area (Å²) in [5.74, 6) is -0.490. The summed E-state index contributed by atoms with van der Waals surface area (Å²) in [4.78, 5) is 23.1. The highest BCUT2D eigenvalue weighted by molar-refractivity contribution is 5.99. The van der Waals surface area contributed by atoms with Gasteiger partial charge in [-0.1, -0.05) is 6.07 Å². The lowest BCUT2D eigenvalue weighted by Crippen LogP contribution is -2.21. The minimum atomic E-state index is -0.717. The van der Waals surface area contributed by atoms with Crippen LogP contribution >= 0.6 is 0 Å². The summed E-state index contributed by atoms with van der Waals surface area (Å²) in [6, 6.07) is 8.94. The second-order valence-electron chi connectivity index (χ2n) is 4.18. The first kappa shape index (κ1) is 15.4. The summed E-state index contributed by atoms with van der Waals surface area (Å²) in [7, 11) is 0. The second-order valence-corrected chi connectivity index (χ2v) is 4.18. The third kappa shape index (κ3) is 3.78. The van der Waals surface area contributed by atoms with Crippen LogP contribution in [0.4, 0.5) is 0 Å². The largest absolute Gasteiger partial charge is 0.458 e. The van der Waals surface area contributed by atoms with E-state index < -0.39 is 11.8 Å². The van der Waals surface area contributed by atoms with Gasteiger partial charge in [0.25, 0.3) is 11.8 Å². The standard InChI is InChI=1S/C14H13N3O5/c18-8-12-5-4-11(22-12)7-15-16-13(19)9-2-1-3-10(6-9)14(20)17-21/h1-7,18,21H,8H2,(H,16,19)(H,17,20)/b15-7+. The van der Waals surface area contributed by atoms with Crippen LogP contribution in [0.3, 0.4) is 0 Å². The van der Waals surface area contributed by atoms with Gasteiger partial charge in [0, 0.05) is 11.1 Å². The Morgan fingerprint density at radius 1 is 1.18 bits per heavy atom. The normalized spacial score (nSPS) is 10.6. The fraction of sp³-hybridized carbons (Fsp3) is 0.0714. The Labute approximate surface area is 125 Å². The quantitative estimate of drug-likeness (QED) is 0.367. The van der Waals surface area contributed by atoms with E-state index in [4.69, 9.17) is 14.7 Å². The molecule has 2 rings (SSSR count). The highest BCUT2D eigenvalue weighted by atomic mass is 16.5. The van der Waals surface area contributed by atoms with Crippen molar-refractivity contribution >= 4 is 18.0 Å². The zero-order valence-corrected chi connectivity index (χ0v) is 11.3. The number of carbonyl (C=O) groups excluding carboxylic acids is 2. The predicted molar refractivity (Wildman–Crippen MR) is 75.4 cm³/mol. The summed E-state index contributed by atoms with van der Waals surface area (Å²) in [6.07, 6.45) is 1.28. The van der Waals surface area contributed by atoms with Gasteiger partial charge in [0.15, 0.2) is 0 Å². The molecular weight excluding hydrogens is 290 g/mol. The second kappa shape index (κ2) is 7.16. The zero-order chi connectivity index (χ0) is 15.9. The number of hydrogen-bond acceptors (Lipinski definition) is 6. The molecule has 22 heavy (non-hydrogen) atoms. The molecule has 1 heterocycles. The number of amides is 2. The van der Waals surface area contributed by atoms with E-state index in [-0.39, 0.29) is 17.7 Å². The molecule has 1 aromatic heterocycles. The van der Waals surface area contributed by atoms with Crippen LogP contribution in [0.2, 0.25) is 0 Å². The molecule has 0 atom stereocenters. The predicted octanol–water partition coefficient (Wildman–Crippen LogP) is 0.655. The van der Waals surface area contributed by atoms with Crippen molar-refractivity contribution in [3.05, 3.63) is 59.0 Å².